The molecule has 1 aliphatic rings. The van der Waals surface area contributed by atoms with Crippen LogP contribution in [0.5, 0.6) is 0 Å². The predicted molar refractivity (Wildman–Crippen MR) is 130 cm³/mol. The molecule has 1 fully saturated rings. The van der Waals surface area contributed by atoms with Crippen LogP contribution in [0.1, 0.15) is 53.0 Å². The molecule has 0 N–H and O–H groups in total. The average Bonchev–Trinajstić information content (AvgIpc) is 3.31. The van der Waals surface area contributed by atoms with Crippen LogP contribution in [-0.2, 0) is 26.6 Å². The summed E-state index contributed by atoms with van der Waals surface area (Å²) < 4.78 is 25.8. The highest BCUT2D eigenvalue weighted by Crippen LogP contribution is 2.28. The van der Waals surface area contributed by atoms with Crippen LogP contribution in [0.25, 0.3) is 11.4 Å². The highest BCUT2D eigenvalue weighted by Gasteiger charge is 2.34. The van der Waals surface area contributed by atoms with Crippen LogP contribution in [0.3, 0.4) is 0 Å². The highest BCUT2D eigenvalue weighted by atomic mass is 32.2. The van der Waals surface area contributed by atoms with E-state index in [0.29, 0.717) is 24.7 Å². The first kappa shape index (κ1) is 24.8. The molecule has 0 spiro atoms. The molecule has 0 bridgehead atoms. The number of nitrogens with zero attached hydrogens (tertiary/aromatic N) is 4. The number of hydrogen-bond acceptors (Lipinski definition) is 6. The first-order chi connectivity index (χ1) is 15.1. The van der Waals surface area contributed by atoms with Gasteiger partial charge in [-0.15, -0.1) is 10.2 Å². The lowest BCUT2D eigenvalue weighted by Gasteiger charge is -2.27. The average molecular weight is 479 g/mol. The molecule has 1 unspecified atom stereocenters. The van der Waals surface area contributed by atoms with E-state index in [1.165, 1.54) is 17.3 Å². The van der Waals surface area contributed by atoms with E-state index in [0.717, 1.165) is 17.8 Å². The third-order valence-electron chi connectivity index (χ3n) is 5.80. The van der Waals surface area contributed by atoms with E-state index in [1.807, 2.05) is 18.4 Å². The Kier molecular flexibility index (Phi) is 7.70. The summed E-state index contributed by atoms with van der Waals surface area (Å²) in [7, 11) is -3.04. The molecule has 2 heterocycles. The Labute approximate surface area is 195 Å². The highest BCUT2D eigenvalue weighted by molar-refractivity contribution is 7.99. The lowest BCUT2D eigenvalue weighted by molar-refractivity contribution is -0.130. The zero-order valence-corrected chi connectivity index (χ0v) is 21.3. The summed E-state index contributed by atoms with van der Waals surface area (Å²) in [6, 6.07) is 8.17. The van der Waals surface area contributed by atoms with Crippen molar-refractivity contribution in [3.05, 3.63) is 29.8 Å². The summed E-state index contributed by atoms with van der Waals surface area (Å²) in [4.78, 5) is 14.7. The van der Waals surface area contributed by atoms with Crippen LogP contribution in [0.2, 0.25) is 0 Å². The second kappa shape index (κ2) is 9.95. The molecule has 0 radical (unpaired) electrons. The topological polar surface area (TPSA) is 85.2 Å². The maximum absolute atomic E-state index is 13.0. The fourth-order valence-electron chi connectivity index (χ4n) is 4.00. The molecule has 1 atom stereocenters. The standard InChI is InChI=1S/C23H34N4O3S2/c1-6-13-27(19-12-14-32(29,30)16-19)20(28)15-31-22-25-24-21(26(22)7-2)17-8-10-18(11-9-17)23(3,4)5/h8-11,19H,6-7,12-16H2,1-5H3. The van der Waals surface area contributed by atoms with Gasteiger partial charge in [-0.1, -0.05) is 63.7 Å². The Morgan fingerprint density at radius 2 is 1.88 bits per heavy atom. The zero-order chi connectivity index (χ0) is 23.5. The molecular weight excluding hydrogens is 444 g/mol. The summed E-state index contributed by atoms with van der Waals surface area (Å²) in [6.07, 6.45) is 1.32. The monoisotopic (exact) mass is 478 g/mol. The molecule has 1 aromatic carbocycles. The summed E-state index contributed by atoms with van der Waals surface area (Å²) in [6.45, 7) is 11.9. The number of thioether (sulfide) groups is 1. The lowest BCUT2D eigenvalue weighted by atomic mass is 9.87. The molecule has 9 heteroatoms. The number of benzene rings is 1. The van der Waals surface area contributed by atoms with E-state index >= 15 is 0 Å². The van der Waals surface area contributed by atoms with Crippen LogP contribution in [0.15, 0.2) is 29.4 Å². The molecule has 1 saturated heterocycles. The second-order valence-electron chi connectivity index (χ2n) is 9.31. The Morgan fingerprint density at radius 1 is 1.19 bits per heavy atom. The molecule has 0 aliphatic carbocycles. The number of sulfone groups is 1. The number of hydrogen-bond donors (Lipinski definition) is 0. The van der Waals surface area contributed by atoms with Gasteiger partial charge in [0.15, 0.2) is 20.8 Å². The van der Waals surface area contributed by atoms with Gasteiger partial charge in [0.25, 0.3) is 0 Å². The van der Waals surface area contributed by atoms with Gasteiger partial charge in [-0.3, -0.25) is 4.79 Å². The third-order valence-corrected chi connectivity index (χ3v) is 8.50. The molecule has 7 nitrogen and oxygen atoms in total. The molecule has 32 heavy (non-hydrogen) atoms. The number of rotatable bonds is 8. The van der Waals surface area contributed by atoms with Crippen molar-refractivity contribution in [3.8, 4) is 11.4 Å². The molecular formula is C23H34N4O3S2. The Morgan fingerprint density at radius 3 is 2.41 bits per heavy atom. The maximum atomic E-state index is 13.0. The van der Waals surface area contributed by atoms with Gasteiger partial charge in [0, 0.05) is 24.7 Å². The summed E-state index contributed by atoms with van der Waals surface area (Å²) in [5, 5.41) is 9.43. The number of carbonyl (C=O) groups is 1. The van der Waals surface area contributed by atoms with Crippen molar-refractivity contribution >= 4 is 27.5 Å². The van der Waals surface area contributed by atoms with Crippen LogP contribution in [0.4, 0.5) is 0 Å². The fraction of sp³-hybridized carbons (Fsp3) is 0.609. The van der Waals surface area contributed by atoms with Crippen molar-refractivity contribution in [2.24, 2.45) is 0 Å². The Balaban J connectivity index is 1.72. The first-order valence-electron chi connectivity index (χ1n) is 11.2. The van der Waals surface area contributed by atoms with Crippen molar-refractivity contribution in [3.63, 3.8) is 0 Å². The minimum atomic E-state index is -3.04. The van der Waals surface area contributed by atoms with Crippen LogP contribution in [-0.4, -0.2) is 63.8 Å². The first-order valence-corrected chi connectivity index (χ1v) is 14.0. The van der Waals surface area contributed by atoms with E-state index in [2.05, 4.69) is 55.2 Å². The van der Waals surface area contributed by atoms with Gasteiger partial charge < -0.3 is 9.47 Å². The summed E-state index contributed by atoms with van der Waals surface area (Å²) >= 11 is 1.36. The number of aromatic nitrogens is 3. The third kappa shape index (κ3) is 5.73. The number of amides is 1. The van der Waals surface area contributed by atoms with Crippen LogP contribution >= 0.6 is 11.8 Å². The smallest absolute Gasteiger partial charge is 0.233 e. The predicted octanol–water partition coefficient (Wildman–Crippen LogP) is 3.78. The van der Waals surface area contributed by atoms with Crippen LogP contribution in [0, 0.1) is 0 Å². The van der Waals surface area contributed by atoms with Crippen molar-refractivity contribution in [2.45, 2.75) is 70.6 Å². The molecule has 0 saturated carbocycles. The molecule has 1 amide bonds. The molecule has 3 rings (SSSR count). The summed E-state index contributed by atoms with van der Waals surface area (Å²) in [5.41, 5.74) is 2.34. The zero-order valence-electron chi connectivity index (χ0n) is 19.7. The van der Waals surface area contributed by atoms with Crippen molar-refractivity contribution < 1.29 is 13.2 Å². The van der Waals surface area contributed by atoms with E-state index in [-0.39, 0.29) is 34.6 Å². The van der Waals surface area contributed by atoms with Crippen molar-refractivity contribution in [2.75, 3.05) is 23.8 Å². The SMILES string of the molecule is CCCN(C(=O)CSc1nnc(-c2ccc(C(C)(C)C)cc2)n1CC)C1CCS(=O)(=O)C1. The Bertz CT molecular complexity index is 1040. The molecule has 2 aromatic rings. The molecule has 1 aliphatic heterocycles. The lowest BCUT2D eigenvalue weighted by Crippen LogP contribution is -2.42. The van der Waals surface area contributed by atoms with Gasteiger partial charge in [-0.25, -0.2) is 8.42 Å². The summed E-state index contributed by atoms with van der Waals surface area (Å²) in [5.74, 6) is 1.21. The largest absolute Gasteiger partial charge is 0.338 e. The normalized spacial score (nSPS) is 18.1. The van der Waals surface area contributed by atoms with Gasteiger partial charge in [0.2, 0.25) is 5.91 Å². The van der Waals surface area contributed by atoms with E-state index < -0.39 is 9.84 Å². The maximum Gasteiger partial charge on any atom is 0.233 e. The van der Waals surface area contributed by atoms with Gasteiger partial charge in [-0.2, -0.15) is 0 Å². The van der Waals surface area contributed by atoms with Gasteiger partial charge in [-0.05, 0) is 30.7 Å². The fourth-order valence-corrected chi connectivity index (χ4v) is 6.61. The van der Waals surface area contributed by atoms with E-state index in [1.54, 1.807) is 4.90 Å². The molecule has 176 valence electrons. The van der Waals surface area contributed by atoms with Gasteiger partial charge in [0.1, 0.15) is 0 Å². The van der Waals surface area contributed by atoms with Crippen LogP contribution < -0.4 is 0 Å². The van der Waals surface area contributed by atoms with E-state index in [9.17, 15) is 13.2 Å². The number of carbonyl (C=O) groups excluding carboxylic acids is 1. The quantitative estimate of drug-likeness (QED) is 0.537. The van der Waals surface area contributed by atoms with E-state index in [4.69, 9.17) is 0 Å². The van der Waals surface area contributed by atoms with Crippen molar-refractivity contribution in [1.29, 1.82) is 0 Å². The minimum Gasteiger partial charge on any atom is -0.338 e. The van der Waals surface area contributed by atoms with Gasteiger partial charge >= 0.3 is 0 Å². The van der Waals surface area contributed by atoms with Gasteiger partial charge in [0.05, 0.1) is 17.3 Å². The van der Waals surface area contributed by atoms with Crippen molar-refractivity contribution in [1.82, 2.24) is 19.7 Å². The minimum absolute atomic E-state index is 0.0410. The molecule has 1 aromatic heterocycles. The Hall–Kier alpha value is -1.87. The second-order valence-corrected chi connectivity index (χ2v) is 12.5.